The zero-order valence-electron chi connectivity index (χ0n) is 10.4. The number of aromatic amines is 1. The summed E-state index contributed by atoms with van der Waals surface area (Å²) >= 11 is 0. The number of furan rings is 1. The van der Waals surface area contributed by atoms with Gasteiger partial charge in [-0.1, -0.05) is 0 Å². The van der Waals surface area contributed by atoms with Crippen molar-refractivity contribution in [1.82, 2.24) is 15.5 Å². The molecule has 2 heterocycles. The SMILES string of the molecule is Cc1ccc(-c2[nH]ncc2CNCC(O)C(F)F)o1. The number of aliphatic hydroxyl groups excluding tert-OH is 1. The van der Waals surface area contributed by atoms with Gasteiger partial charge in [0.2, 0.25) is 0 Å². The van der Waals surface area contributed by atoms with Crippen LogP contribution in [-0.2, 0) is 6.54 Å². The Kier molecular flexibility index (Phi) is 4.28. The predicted molar refractivity (Wildman–Crippen MR) is 64.7 cm³/mol. The first-order valence-corrected chi connectivity index (χ1v) is 5.84. The fourth-order valence-electron chi connectivity index (χ4n) is 1.67. The van der Waals surface area contributed by atoms with Gasteiger partial charge in [-0.25, -0.2) is 8.78 Å². The first kappa shape index (κ1) is 13.7. The quantitative estimate of drug-likeness (QED) is 0.747. The van der Waals surface area contributed by atoms with E-state index in [-0.39, 0.29) is 6.54 Å². The van der Waals surface area contributed by atoms with Crippen LogP contribution in [0.25, 0.3) is 11.5 Å². The summed E-state index contributed by atoms with van der Waals surface area (Å²) in [6, 6.07) is 3.63. The maximum atomic E-state index is 12.1. The van der Waals surface area contributed by atoms with Gasteiger partial charge >= 0.3 is 0 Å². The van der Waals surface area contributed by atoms with Crippen LogP contribution in [0.1, 0.15) is 11.3 Å². The predicted octanol–water partition coefficient (Wildman–Crippen LogP) is 1.69. The third-order valence-corrected chi connectivity index (χ3v) is 2.66. The molecule has 0 aliphatic rings. The minimum atomic E-state index is -2.75. The summed E-state index contributed by atoms with van der Waals surface area (Å²) < 4.78 is 29.7. The number of nitrogens with one attached hydrogen (secondary N) is 2. The lowest BCUT2D eigenvalue weighted by Crippen LogP contribution is -2.31. The second kappa shape index (κ2) is 5.94. The van der Waals surface area contributed by atoms with Gasteiger partial charge in [0.15, 0.2) is 5.76 Å². The Bertz CT molecular complexity index is 525. The standard InChI is InChI=1S/C12H15F2N3O2/c1-7-2-3-10(19-7)11-8(5-16-17-11)4-15-6-9(18)12(13)14/h2-3,5,9,12,15,18H,4,6H2,1H3,(H,16,17). The highest BCUT2D eigenvalue weighted by molar-refractivity contribution is 5.56. The number of alkyl halides is 2. The minimum absolute atomic E-state index is 0.181. The van der Waals surface area contributed by atoms with Crippen LogP contribution in [0.3, 0.4) is 0 Å². The van der Waals surface area contributed by atoms with Crippen molar-refractivity contribution in [3.63, 3.8) is 0 Å². The summed E-state index contributed by atoms with van der Waals surface area (Å²) in [6.07, 6.45) is -2.82. The Balaban J connectivity index is 1.97. The maximum absolute atomic E-state index is 12.1. The number of aliphatic hydroxyl groups is 1. The molecule has 104 valence electrons. The van der Waals surface area contributed by atoms with Gasteiger partial charge in [-0.2, -0.15) is 5.10 Å². The lowest BCUT2D eigenvalue weighted by molar-refractivity contribution is -0.00340. The van der Waals surface area contributed by atoms with E-state index in [1.165, 1.54) is 0 Å². The van der Waals surface area contributed by atoms with Crippen LogP contribution < -0.4 is 5.32 Å². The van der Waals surface area contributed by atoms with Gasteiger partial charge in [0.05, 0.1) is 6.20 Å². The number of rotatable bonds is 6. The van der Waals surface area contributed by atoms with Crippen LogP contribution in [0, 0.1) is 6.92 Å². The number of hydrogen-bond acceptors (Lipinski definition) is 4. The summed E-state index contributed by atoms with van der Waals surface area (Å²) in [5, 5.41) is 18.5. The highest BCUT2D eigenvalue weighted by Gasteiger charge is 2.17. The monoisotopic (exact) mass is 271 g/mol. The molecule has 0 amide bonds. The van der Waals surface area contributed by atoms with Crippen molar-refractivity contribution in [2.45, 2.75) is 26.0 Å². The van der Waals surface area contributed by atoms with Crippen LogP contribution in [0.2, 0.25) is 0 Å². The van der Waals surface area contributed by atoms with E-state index < -0.39 is 12.5 Å². The molecule has 0 aromatic carbocycles. The molecule has 0 radical (unpaired) electrons. The fourth-order valence-corrected chi connectivity index (χ4v) is 1.67. The van der Waals surface area contributed by atoms with Crippen molar-refractivity contribution in [2.24, 2.45) is 0 Å². The minimum Gasteiger partial charge on any atom is -0.460 e. The van der Waals surface area contributed by atoms with Crippen LogP contribution in [0.15, 0.2) is 22.7 Å². The maximum Gasteiger partial charge on any atom is 0.265 e. The molecule has 0 spiro atoms. The number of H-pyrrole nitrogens is 1. The molecule has 19 heavy (non-hydrogen) atoms. The molecule has 0 saturated heterocycles. The summed E-state index contributed by atoms with van der Waals surface area (Å²) in [7, 11) is 0. The number of aryl methyl sites for hydroxylation is 1. The van der Waals surface area contributed by atoms with Crippen molar-refractivity contribution >= 4 is 0 Å². The van der Waals surface area contributed by atoms with Crippen molar-refractivity contribution in [2.75, 3.05) is 6.54 Å². The lowest BCUT2D eigenvalue weighted by Gasteiger charge is -2.10. The van der Waals surface area contributed by atoms with E-state index in [2.05, 4.69) is 15.5 Å². The fraction of sp³-hybridized carbons (Fsp3) is 0.417. The average molecular weight is 271 g/mol. The Morgan fingerprint density at radius 2 is 2.26 bits per heavy atom. The normalized spacial score (nSPS) is 13.1. The largest absolute Gasteiger partial charge is 0.460 e. The van der Waals surface area contributed by atoms with E-state index in [1.54, 1.807) is 12.3 Å². The van der Waals surface area contributed by atoms with Crippen LogP contribution in [-0.4, -0.2) is 34.4 Å². The van der Waals surface area contributed by atoms with Gasteiger partial charge in [0.25, 0.3) is 6.43 Å². The van der Waals surface area contributed by atoms with E-state index in [9.17, 15) is 8.78 Å². The van der Waals surface area contributed by atoms with Crippen molar-refractivity contribution in [3.05, 3.63) is 29.7 Å². The number of halogens is 2. The second-order valence-corrected chi connectivity index (χ2v) is 4.21. The Labute approximate surface area is 108 Å². The molecule has 5 nitrogen and oxygen atoms in total. The van der Waals surface area contributed by atoms with E-state index in [1.807, 2.05) is 13.0 Å². The van der Waals surface area contributed by atoms with Gasteiger partial charge in [0.1, 0.15) is 17.6 Å². The Hall–Kier alpha value is -1.73. The van der Waals surface area contributed by atoms with Gasteiger partial charge < -0.3 is 14.8 Å². The average Bonchev–Trinajstić information content (AvgIpc) is 2.97. The number of aromatic nitrogens is 2. The molecule has 7 heteroatoms. The highest BCUT2D eigenvalue weighted by Crippen LogP contribution is 2.23. The van der Waals surface area contributed by atoms with Crippen LogP contribution >= 0.6 is 0 Å². The van der Waals surface area contributed by atoms with E-state index >= 15 is 0 Å². The molecule has 1 atom stereocenters. The highest BCUT2D eigenvalue weighted by atomic mass is 19.3. The van der Waals surface area contributed by atoms with Crippen molar-refractivity contribution in [1.29, 1.82) is 0 Å². The molecule has 1 unspecified atom stereocenters. The molecule has 3 N–H and O–H groups in total. The third-order valence-electron chi connectivity index (χ3n) is 2.66. The third kappa shape index (κ3) is 3.39. The molecule has 0 saturated carbocycles. The number of nitrogens with zero attached hydrogens (tertiary/aromatic N) is 1. The van der Waals surface area contributed by atoms with Crippen molar-refractivity contribution < 1.29 is 18.3 Å². The summed E-state index contributed by atoms with van der Waals surface area (Å²) in [4.78, 5) is 0. The molecular weight excluding hydrogens is 256 g/mol. The summed E-state index contributed by atoms with van der Waals surface area (Å²) in [5.41, 5.74) is 1.49. The van der Waals surface area contributed by atoms with Gasteiger partial charge in [0, 0.05) is 18.7 Å². The Morgan fingerprint density at radius 3 is 2.89 bits per heavy atom. The van der Waals surface area contributed by atoms with Crippen LogP contribution in [0.5, 0.6) is 0 Å². The van der Waals surface area contributed by atoms with E-state index in [0.717, 1.165) is 11.3 Å². The molecular formula is C12H15F2N3O2. The molecule has 2 aromatic rings. The Morgan fingerprint density at radius 1 is 1.47 bits per heavy atom. The van der Waals surface area contributed by atoms with Crippen LogP contribution in [0.4, 0.5) is 8.78 Å². The molecule has 0 aliphatic carbocycles. The zero-order valence-corrected chi connectivity index (χ0v) is 10.4. The molecule has 0 bridgehead atoms. The number of hydrogen-bond donors (Lipinski definition) is 3. The van der Waals surface area contributed by atoms with E-state index in [4.69, 9.17) is 9.52 Å². The van der Waals surface area contributed by atoms with E-state index in [0.29, 0.717) is 18.0 Å². The topological polar surface area (TPSA) is 74.1 Å². The molecule has 0 aliphatic heterocycles. The summed E-state index contributed by atoms with van der Waals surface area (Å²) in [5.74, 6) is 1.41. The van der Waals surface area contributed by atoms with Crippen molar-refractivity contribution in [3.8, 4) is 11.5 Å². The van der Waals surface area contributed by atoms with Gasteiger partial charge in [-0.15, -0.1) is 0 Å². The van der Waals surface area contributed by atoms with Gasteiger partial charge in [-0.3, -0.25) is 5.10 Å². The lowest BCUT2D eigenvalue weighted by atomic mass is 10.2. The zero-order chi connectivity index (χ0) is 13.8. The smallest absolute Gasteiger partial charge is 0.265 e. The summed E-state index contributed by atoms with van der Waals surface area (Å²) in [6.45, 7) is 1.96. The molecule has 2 rings (SSSR count). The molecule has 0 fully saturated rings. The first-order chi connectivity index (χ1) is 9.08. The first-order valence-electron chi connectivity index (χ1n) is 5.84. The molecule has 2 aromatic heterocycles. The second-order valence-electron chi connectivity index (χ2n) is 4.21. The van der Waals surface area contributed by atoms with Gasteiger partial charge in [-0.05, 0) is 19.1 Å².